The summed E-state index contributed by atoms with van der Waals surface area (Å²) in [5.41, 5.74) is -0.379. The van der Waals surface area contributed by atoms with E-state index < -0.39 is 20.7 Å². The van der Waals surface area contributed by atoms with Crippen LogP contribution in [0, 0.1) is 10.1 Å². The average molecular weight is 317 g/mol. The molecule has 21 heavy (non-hydrogen) atoms. The van der Waals surface area contributed by atoms with E-state index in [4.69, 9.17) is 0 Å². The van der Waals surface area contributed by atoms with Crippen LogP contribution in [0.4, 0.5) is 11.5 Å². The Balaban J connectivity index is 2.86. The number of hydrogen-bond acceptors (Lipinski definition) is 8. The summed E-state index contributed by atoms with van der Waals surface area (Å²) in [5, 5.41) is 13.5. The molecule has 1 rings (SSSR count). The van der Waals surface area contributed by atoms with Crippen LogP contribution in [0.2, 0.25) is 0 Å². The molecule has 1 N–H and O–H groups in total. The highest BCUT2D eigenvalue weighted by molar-refractivity contribution is 7.90. The summed E-state index contributed by atoms with van der Waals surface area (Å²) in [6.07, 6.45) is 1.37. The van der Waals surface area contributed by atoms with E-state index in [1.807, 2.05) is 0 Å². The number of pyridine rings is 1. The van der Waals surface area contributed by atoms with E-state index in [-0.39, 0.29) is 35.9 Å². The van der Waals surface area contributed by atoms with E-state index in [2.05, 4.69) is 15.0 Å². The predicted molar refractivity (Wildman–Crippen MR) is 75.0 cm³/mol. The Labute approximate surface area is 121 Å². The molecule has 0 saturated heterocycles. The molecule has 0 radical (unpaired) electrons. The number of carbonyl (C=O) groups is 1. The summed E-state index contributed by atoms with van der Waals surface area (Å²) in [6.45, 7) is 0.172. The molecule has 1 aromatic rings. The second-order valence-corrected chi connectivity index (χ2v) is 6.48. The van der Waals surface area contributed by atoms with E-state index >= 15 is 0 Å². The number of methoxy groups -OCH3 is 1. The van der Waals surface area contributed by atoms with Gasteiger partial charge in [0.05, 0.1) is 17.8 Å². The lowest BCUT2D eigenvalue weighted by atomic mass is 10.3. The van der Waals surface area contributed by atoms with E-state index in [1.54, 1.807) is 0 Å². The lowest BCUT2D eigenvalue weighted by molar-refractivity contribution is -0.384. The highest BCUT2D eigenvalue weighted by Gasteiger charge is 2.18. The lowest BCUT2D eigenvalue weighted by Gasteiger charge is -2.07. The van der Waals surface area contributed by atoms with Gasteiger partial charge in [0.25, 0.3) is 0 Å². The standard InChI is InChI=1S/C11H15N3O6S/c1-20-11(15)8-4-5-9(14(16)17)10(13-8)12-6-3-7-21(2,18)19/h4-5H,3,6-7H2,1-2H3,(H,12,13). The predicted octanol–water partition coefficient (Wildman–Crippen LogP) is 0.623. The van der Waals surface area contributed by atoms with Crippen molar-refractivity contribution >= 4 is 27.3 Å². The Bertz CT molecular complexity index is 643. The summed E-state index contributed by atoms with van der Waals surface area (Å²) in [7, 11) is -1.93. The van der Waals surface area contributed by atoms with Crippen LogP contribution >= 0.6 is 0 Å². The summed E-state index contributed by atoms with van der Waals surface area (Å²) >= 11 is 0. The Morgan fingerprint density at radius 1 is 1.48 bits per heavy atom. The van der Waals surface area contributed by atoms with Gasteiger partial charge < -0.3 is 10.1 Å². The fourth-order valence-corrected chi connectivity index (χ4v) is 2.16. The molecule has 0 spiro atoms. The van der Waals surface area contributed by atoms with Crippen LogP contribution in [0.5, 0.6) is 0 Å². The SMILES string of the molecule is COC(=O)c1ccc([N+](=O)[O-])c(NCCCS(C)(=O)=O)n1. The van der Waals surface area contributed by atoms with Crippen LogP contribution in [0.15, 0.2) is 12.1 Å². The topological polar surface area (TPSA) is 128 Å². The highest BCUT2D eigenvalue weighted by Crippen LogP contribution is 2.22. The summed E-state index contributed by atoms with van der Waals surface area (Å²) in [5.74, 6) is -0.870. The first-order valence-electron chi connectivity index (χ1n) is 5.90. The molecule has 0 aliphatic heterocycles. The maximum atomic E-state index is 11.3. The van der Waals surface area contributed by atoms with E-state index in [1.165, 1.54) is 13.2 Å². The quantitative estimate of drug-likeness (QED) is 0.335. The van der Waals surface area contributed by atoms with Crippen molar-refractivity contribution in [2.24, 2.45) is 0 Å². The van der Waals surface area contributed by atoms with Gasteiger partial charge in [-0.25, -0.2) is 18.2 Å². The molecule has 10 heteroatoms. The molecule has 0 bridgehead atoms. The van der Waals surface area contributed by atoms with Gasteiger partial charge in [-0.2, -0.15) is 0 Å². The van der Waals surface area contributed by atoms with Gasteiger partial charge in [0.2, 0.25) is 5.82 Å². The van der Waals surface area contributed by atoms with Gasteiger partial charge in [-0.1, -0.05) is 0 Å². The van der Waals surface area contributed by atoms with Crippen molar-refractivity contribution in [3.8, 4) is 0 Å². The molecule has 0 aliphatic carbocycles. The van der Waals surface area contributed by atoms with Gasteiger partial charge >= 0.3 is 11.7 Å². The minimum atomic E-state index is -3.10. The first kappa shape index (κ1) is 16.8. The third kappa shape index (κ3) is 5.34. The van der Waals surface area contributed by atoms with E-state index in [0.29, 0.717) is 0 Å². The minimum absolute atomic E-state index is 0.0511. The molecular weight excluding hydrogens is 302 g/mol. The van der Waals surface area contributed by atoms with Crippen LogP contribution in [0.25, 0.3) is 0 Å². The van der Waals surface area contributed by atoms with Crippen LogP contribution in [-0.4, -0.2) is 50.0 Å². The molecular formula is C11H15N3O6S. The number of aromatic nitrogens is 1. The molecule has 9 nitrogen and oxygen atoms in total. The number of esters is 1. The fourth-order valence-electron chi connectivity index (χ4n) is 1.49. The minimum Gasteiger partial charge on any atom is -0.464 e. The Kier molecular flexibility index (Phi) is 5.59. The van der Waals surface area contributed by atoms with Crippen molar-refractivity contribution in [2.75, 3.05) is 31.0 Å². The van der Waals surface area contributed by atoms with E-state index in [0.717, 1.165) is 12.3 Å². The van der Waals surface area contributed by atoms with Gasteiger partial charge in [0.1, 0.15) is 9.84 Å². The monoisotopic (exact) mass is 317 g/mol. The maximum absolute atomic E-state index is 11.3. The van der Waals surface area contributed by atoms with Gasteiger partial charge in [0.15, 0.2) is 5.69 Å². The first-order valence-corrected chi connectivity index (χ1v) is 7.96. The second-order valence-electron chi connectivity index (χ2n) is 4.22. The van der Waals surface area contributed by atoms with Gasteiger partial charge in [0, 0.05) is 18.9 Å². The number of ether oxygens (including phenoxy) is 1. The van der Waals surface area contributed by atoms with Crippen molar-refractivity contribution in [1.82, 2.24) is 4.98 Å². The third-order valence-electron chi connectivity index (χ3n) is 2.45. The molecule has 1 aromatic heterocycles. The molecule has 116 valence electrons. The van der Waals surface area contributed by atoms with Crippen molar-refractivity contribution in [3.05, 3.63) is 27.9 Å². The molecule has 1 heterocycles. The molecule has 0 amide bonds. The molecule has 0 atom stereocenters. The van der Waals surface area contributed by atoms with Crippen LogP contribution in [0.1, 0.15) is 16.9 Å². The molecule has 0 saturated carbocycles. The zero-order valence-corrected chi connectivity index (χ0v) is 12.3. The van der Waals surface area contributed by atoms with Crippen LogP contribution in [-0.2, 0) is 14.6 Å². The van der Waals surface area contributed by atoms with Crippen molar-refractivity contribution in [2.45, 2.75) is 6.42 Å². The summed E-state index contributed by atoms with van der Waals surface area (Å²) < 4.78 is 26.5. The Morgan fingerprint density at radius 3 is 2.67 bits per heavy atom. The number of nitrogens with zero attached hydrogens (tertiary/aromatic N) is 2. The molecule has 0 unspecified atom stereocenters. The number of sulfone groups is 1. The zero-order valence-electron chi connectivity index (χ0n) is 11.5. The Hall–Kier alpha value is -2.23. The largest absolute Gasteiger partial charge is 0.464 e. The number of hydrogen-bond donors (Lipinski definition) is 1. The normalized spacial score (nSPS) is 11.0. The van der Waals surface area contributed by atoms with Crippen molar-refractivity contribution in [1.29, 1.82) is 0 Å². The van der Waals surface area contributed by atoms with Gasteiger partial charge in [-0.05, 0) is 12.5 Å². The summed E-state index contributed by atoms with van der Waals surface area (Å²) in [6, 6.07) is 2.32. The first-order chi connectivity index (χ1) is 9.74. The highest BCUT2D eigenvalue weighted by atomic mass is 32.2. The molecule has 0 aliphatic rings. The molecule has 0 aromatic carbocycles. The van der Waals surface area contributed by atoms with Crippen LogP contribution in [0.3, 0.4) is 0 Å². The lowest BCUT2D eigenvalue weighted by Crippen LogP contribution is -2.13. The molecule has 0 fully saturated rings. The van der Waals surface area contributed by atoms with Gasteiger partial charge in [-0.15, -0.1) is 0 Å². The maximum Gasteiger partial charge on any atom is 0.356 e. The number of rotatable bonds is 7. The average Bonchev–Trinajstić information content (AvgIpc) is 2.41. The van der Waals surface area contributed by atoms with Crippen LogP contribution < -0.4 is 5.32 Å². The van der Waals surface area contributed by atoms with E-state index in [9.17, 15) is 23.3 Å². The zero-order chi connectivity index (χ0) is 16.0. The smallest absolute Gasteiger partial charge is 0.356 e. The fraction of sp³-hybridized carbons (Fsp3) is 0.455. The van der Waals surface area contributed by atoms with Gasteiger partial charge in [-0.3, -0.25) is 10.1 Å². The number of anilines is 1. The number of carbonyl (C=O) groups excluding carboxylic acids is 1. The van der Waals surface area contributed by atoms with Crippen molar-refractivity contribution < 1.29 is 22.9 Å². The Morgan fingerprint density at radius 2 is 2.14 bits per heavy atom. The van der Waals surface area contributed by atoms with Crippen molar-refractivity contribution in [3.63, 3.8) is 0 Å². The number of nitro groups is 1. The number of nitrogens with one attached hydrogen (secondary N) is 1. The summed E-state index contributed by atoms with van der Waals surface area (Å²) in [4.78, 5) is 25.4. The second kappa shape index (κ2) is 6.97. The third-order valence-corrected chi connectivity index (χ3v) is 3.48.